The number of benzene rings is 2. The predicted molar refractivity (Wildman–Crippen MR) is 95.4 cm³/mol. The van der Waals surface area contributed by atoms with E-state index in [0.29, 0.717) is 0 Å². The van der Waals surface area contributed by atoms with Gasteiger partial charge in [-0.2, -0.15) is 0 Å². The van der Waals surface area contributed by atoms with Crippen molar-refractivity contribution >= 4 is 85.3 Å². The number of aromatic hydroxyl groups is 1. The first-order chi connectivity index (χ1) is 10.5. The van der Waals surface area contributed by atoms with Crippen LogP contribution in [0.3, 0.4) is 0 Å². The van der Waals surface area contributed by atoms with Gasteiger partial charge in [-0.05, 0) is 18.2 Å². The maximum atomic E-state index is 12.5. The quantitative estimate of drug-likeness (QED) is 0.433. The lowest BCUT2D eigenvalue weighted by Gasteiger charge is -2.13. The van der Waals surface area contributed by atoms with Crippen LogP contribution in [-0.2, 0) is 10.0 Å². The maximum Gasteiger partial charge on any atom is 0.267 e. The minimum absolute atomic E-state index is 0.0102. The van der Waals surface area contributed by atoms with Crippen LogP contribution >= 0.6 is 69.6 Å². The Kier molecular flexibility index (Phi) is 5.74. The third kappa shape index (κ3) is 3.87. The molecule has 0 aliphatic carbocycles. The van der Waals surface area contributed by atoms with E-state index in [0.717, 1.165) is 6.07 Å². The van der Waals surface area contributed by atoms with E-state index in [2.05, 4.69) is 4.72 Å². The van der Waals surface area contributed by atoms with Gasteiger partial charge in [0.2, 0.25) is 0 Å². The minimum atomic E-state index is -4.33. The molecule has 11 heteroatoms. The predicted octanol–water partition coefficient (Wildman–Crippen LogP) is 6.11. The molecule has 0 radical (unpaired) electrons. The summed E-state index contributed by atoms with van der Waals surface area (Å²) in [5.41, 5.74) is 0.0102. The molecule has 2 rings (SSSR count). The summed E-state index contributed by atoms with van der Waals surface area (Å²) < 4.78 is 27.1. The molecular formula is C12H5Cl6NO3S. The average Bonchev–Trinajstić information content (AvgIpc) is 2.42. The second-order valence-electron chi connectivity index (χ2n) is 4.19. The minimum Gasteiger partial charge on any atom is -0.505 e. The Bertz CT molecular complexity index is 851. The van der Waals surface area contributed by atoms with Gasteiger partial charge in [-0.25, -0.2) is 8.42 Å². The molecule has 2 aromatic carbocycles. The number of phenolic OH excluding ortho intramolecular Hbond substituents is 1. The topological polar surface area (TPSA) is 66.4 Å². The van der Waals surface area contributed by atoms with Crippen molar-refractivity contribution in [2.75, 3.05) is 4.72 Å². The van der Waals surface area contributed by atoms with E-state index in [9.17, 15) is 13.5 Å². The summed E-state index contributed by atoms with van der Waals surface area (Å²) in [6.45, 7) is 0. The second-order valence-corrected chi connectivity index (χ2v) is 8.20. The van der Waals surface area contributed by atoms with E-state index in [4.69, 9.17) is 69.6 Å². The number of nitrogens with one attached hydrogen (secondary N) is 1. The summed E-state index contributed by atoms with van der Waals surface area (Å²) in [6, 6.07) is 3.60. The highest BCUT2D eigenvalue weighted by Crippen LogP contribution is 2.42. The normalized spacial score (nSPS) is 11.6. The molecule has 0 unspecified atom stereocenters. The Morgan fingerprint density at radius 1 is 0.783 bits per heavy atom. The van der Waals surface area contributed by atoms with E-state index in [1.807, 2.05) is 0 Å². The molecule has 0 spiro atoms. The molecule has 2 aromatic rings. The van der Waals surface area contributed by atoms with Crippen LogP contribution in [0.1, 0.15) is 0 Å². The highest BCUT2D eigenvalue weighted by Gasteiger charge is 2.27. The number of hydrogen-bond donors (Lipinski definition) is 2. The van der Waals surface area contributed by atoms with Crippen molar-refractivity contribution in [3.8, 4) is 5.75 Å². The van der Waals surface area contributed by atoms with Crippen LogP contribution in [0.15, 0.2) is 23.1 Å². The molecule has 0 heterocycles. The molecule has 0 aliphatic heterocycles. The average molecular weight is 456 g/mol. The summed E-state index contributed by atoms with van der Waals surface area (Å²) in [7, 11) is -4.33. The van der Waals surface area contributed by atoms with Crippen LogP contribution in [0.2, 0.25) is 30.1 Å². The summed E-state index contributed by atoms with van der Waals surface area (Å²) in [5.74, 6) is -0.736. The molecule has 0 bridgehead atoms. The SMILES string of the molecule is O=S(=O)(Nc1cc(Cl)c(Cl)c(Cl)c1)c1c(O)c(Cl)cc(Cl)c1Cl. The van der Waals surface area contributed by atoms with Crippen molar-refractivity contribution in [2.45, 2.75) is 4.90 Å². The highest BCUT2D eigenvalue weighted by atomic mass is 35.5. The first-order valence-corrected chi connectivity index (χ1v) is 9.33. The van der Waals surface area contributed by atoms with Crippen LogP contribution in [0.4, 0.5) is 5.69 Å². The molecule has 0 aromatic heterocycles. The van der Waals surface area contributed by atoms with Gasteiger partial charge in [0, 0.05) is 0 Å². The first kappa shape index (κ1) is 19.1. The number of halogens is 6. The van der Waals surface area contributed by atoms with Crippen LogP contribution in [0.25, 0.3) is 0 Å². The number of hydrogen-bond acceptors (Lipinski definition) is 3. The van der Waals surface area contributed by atoms with Crippen LogP contribution in [0, 0.1) is 0 Å². The zero-order valence-electron chi connectivity index (χ0n) is 10.7. The molecule has 0 aliphatic rings. The van der Waals surface area contributed by atoms with Gasteiger partial charge in [0.25, 0.3) is 10.0 Å². The highest BCUT2D eigenvalue weighted by molar-refractivity contribution is 7.93. The Morgan fingerprint density at radius 2 is 1.26 bits per heavy atom. The first-order valence-electron chi connectivity index (χ1n) is 5.58. The maximum absolute atomic E-state index is 12.5. The standard InChI is InChI=1S/C12H5Cl6NO3S/c13-5-1-4(2-6(14)9(5)17)19-23(21,22)12-10(18)7(15)3-8(16)11(12)20/h1-3,19-20H. The van der Waals surface area contributed by atoms with Crippen molar-refractivity contribution in [3.05, 3.63) is 48.3 Å². The molecule has 23 heavy (non-hydrogen) atoms. The molecule has 0 saturated heterocycles. The van der Waals surface area contributed by atoms with Gasteiger partial charge < -0.3 is 5.11 Å². The van der Waals surface area contributed by atoms with Crippen molar-refractivity contribution in [1.82, 2.24) is 0 Å². The zero-order chi connectivity index (χ0) is 17.5. The number of anilines is 1. The molecule has 0 atom stereocenters. The number of phenols is 1. The van der Waals surface area contributed by atoms with Crippen molar-refractivity contribution in [1.29, 1.82) is 0 Å². The molecule has 0 amide bonds. The van der Waals surface area contributed by atoms with Gasteiger partial charge in [-0.3, -0.25) is 4.72 Å². The van der Waals surface area contributed by atoms with E-state index in [1.54, 1.807) is 0 Å². The van der Waals surface area contributed by atoms with Gasteiger partial charge in [0.1, 0.15) is 0 Å². The third-order valence-electron chi connectivity index (χ3n) is 2.61. The molecule has 0 fully saturated rings. The molecule has 0 saturated carbocycles. The van der Waals surface area contributed by atoms with Crippen molar-refractivity contribution in [3.63, 3.8) is 0 Å². The van der Waals surface area contributed by atoms with E-state index in [-0.39, 0.29) is 35.8 Å². The fourth-order valence-corrected chi connectivity index (χ4v) is 4.49. The largest absolute Gasteiger partial charge is 0.505 e. The molecule has 4 nitrogen and oxygen atoms in total. The molecule has 124 valence electrons. The lowest BCUT2D eigenvalue weighted by molar-refractivity contribution is 0.459. The molecule has 2 N–H and O–H groups in total. The Hall–Kier alpha value is -0.270. The van der Waals surface area contributed by atoms with Gasteiger partial charge in [0.15, 0.2) is 10.6 Å². The Morgan fingerprint density at radius 3 is 1.78 bits per heavy atom. The third-order valence-corrected chi connectivity index (χ3v) is 6.43. The lowest BCUT2D eigenvalue weighted by atomic mass is 10.3. The molecular weight excluding hydrogens is 451 g/mol. The van der Waals surface area contributed by atoms with Gasteiger partial charge in [0.05, 0.1) is 35.8 Å². The smallest absolute Gasteiger partial charge is 0.267 e. The van der Waals surface area contributed by atoms with Crippen LogP contribution in [-0.4, -0.2) is 13.5 Å². The fraction of sp³-hybridized carbons (Fsp3) is 0. The number of sulfonamides is 1. The van der Waals surface area contributed by atoms with Crippen LogP contribution < -0.4 is 4.72 Å². The van der Waals surface area contributed by atoms with Crippen molar-refractivity contribution in [2.24, 2.45) is 0 Å². The number of rotatable bonds is 3. The second kappa shape index (κ2) is 6.92. The summed E-state index contributed by atoms with van der Waals surface area (Å²) in [5, 5.41) is 9.26. The van der Waals surface area contributed by atoms with E-state index < -0.39 is 20.7 Å². The van der Waals surface area contributed by atoms with Crippen LogP contribution in [0.5, 0.6) is 5.75 Å². The summed E-state index contributed by atoms with van der Waals surface area (Å²) in [4.78, 5) is -0.668. The lowest BCUT2D eigenvalue weighted by Crippen LogP contribution is -2.14. The monoisotopic (exact) mass is 453 g/mol. The fourth-order valence-electron chi connectivity index (χ4n) is 1.63. The zero-order valence-corrected chi connectivity index (χ0v) is 16.0. The summed E-state index contributed by atoms with van der Waals surface area (Å²) >= 11 is 34.9. The van der Waals surface area contributed by atoms with E-state index >= 15 is 0 Å². The summed E-state index contributed by atoms with van der Waals surface area (Å²) in [6.07, 6.45) is 0. The van der Waals surface area contributed by atoms with Gasteiger partial charge in [-0.1, -0.05) is 69.6 Å². The van der Waals surface area contributed by atoms with E-state index in [1.165, 1.54) is 12.1 Å². The van der Waals surface area contributed by atoms with Gasteiger partial charge in [-0.15, -0.1) is 0 Å². The van der Waals surface area contributed by atoms with Gasteiger partial charge >= 0.3 is 0 Å². The Labute approximate surface area is 161 Å². The Balaban J connectivity index is 2.57. The van der Waals surface area contributed by atoms with Crippen molar-refractivity contribution < 1.29 is 13.5 Å².